The van der Waals surface area contributed by atoms with Crippen molar-refractivity contribution in [3.63, 3.8) is 0 Å². The first-order valence-electron chi connectivity index (χ1n) is 5.07. The maximum atomic E-state index is 6.03. The van der Waals surface area contributed by atoms with Crippen LogP contribution in [0.15, 0.2) is 23.6 Å². The Morgan fingerprint density at radius 3 is 2.94 bits per heavy atom. The number of ether oxygens (including phenoxy) is 1. The molecule has 5 heteroatoms. The van der Waals surface area contributed by atoms with Crippen LogP contribution in [0.1, 0.15) is 16.3 Å². The topological polar surface area (TPSA) is 22.1 Å². The molecule has 0 aliphatic heterocycles. The first-order chi connectivity index (χ1) is 8.19. The second kappa shape index (κ2) is 5.71. The van der Waals surface area contributed by atoms with E-state index in [2.05, 4.69) is 4.98 Å². The molecule has 2 nitrogen and oxygen atoms in total. The largest absolute Gasteiger partial charge is 0.485 e. The quantitative estimate of drug-likeness (QED) is 0.777. The average molecular weight is 288 g/mol. The molecule has 0 saturated heterocycles. The van der Waals surface area contributed by atoms with Gasteiger partial charge in [-0.1, -0.05) is 17.7 Å². The number of hydrogen-bond acceptors (Lipinski definition) is 3. The molecule has 1 aromatic carbocycles. The molecular formula is C12H11Cl2NOS. The minimum atomic E-state index is 0.421. The van der Waals surface area contributed by atoms with E-state index < -0.39 is 0 Å². The Balaban J connectivity index is 2.04. The molecular weight excluding hydrogens is 277 g/mol. The standard InChI is InChI=1S/C12H11Cl2NOS/c1-8-2-3-10(14)11(4-8)16-6-12-15-9(5-13)7-17-12/h2-4,7H,5-6H2,1H3. The summed E-state index contributed by atoms with van der Waals surface area (Å²) < 4.78 is 5.63. The molecule has 0 bridgehead atoms. The summed E-state index contributed by atoms with van der Waals surface area (Å²) in [5, 5.41) is 3.45. The van der Waals surface area contributed by atoms with Crippen molar-refractivity contribution < 1.29 is 4.74 Å². The van der Waals surface area contributed by atoms with Crippen LogP contribution in [0, 0.1) is 6.92 Å². The summed E-state index contributed by atoms with van der Waals surface area (Å²) in [6.07, 6.45) is 0. The molecule has 90 valence electrons. The van der Waals surface area contributed by atoms with Crippen LogP contribution in [0.3, 0.4) is 0 Å². The maximum absolute atomic E-state index is 6.03. The Kier molecular flexibility index (Phi) is 4.26. The molecule has 0 amide bonds. The van der Waals surface area contributed by atoms with Gasteiger partial charge in [-0.3, -0.25) is 0 Å². The highest BCUT2D eigenvalue weighted by Crippen LogP contribution is 2.26. The molecule has 0 N–H and O–H groups in total. The molecule has 17 heavy (non-hydrogen) atoms. The summed E-state index contributed by atoms with van der Waals surface area (Å²) in [6, 6.07) is 5.70. The summed E-state index contributed by atoms with van der Waals surface area (Å²) in [5.74, 6) is 1.12. The zero-order valence-corrected chi connectivity index (χ0v) is 11.6. The van der Waals surface area contributed by atoms with Gasteiger partial charge < -0.3 is 4.74 Å². The van der Waals surface area contributed by atoms with Crippen LogP contribution in [0.4, 0.5) is 0 Å². The third kappa shape index (κ3) is 3.35. The fourth-order valence-electron chi connectivity index (χ4n) is 1.34. The van der Waals surface area contributed by atoms with E-state index in [0.717, 1.165) is 16.3 Å². The average Bonchev–Trinajstić information content (AvgIpc) is 2.78. The van der Waals surface area contributed by atoms with Gasteiger partial charge in [0, 0.05) is 5.38 Å². The maximum Gasteiger partial charge on any atom is 0.140 e. The molecule has 0 spiro atoms. The van der Waals surface area contributed by atoms with E-state index in [4.69, 9.17) is 27.9 Å². The first-order valence-corrected chi connectivity index (χ1v) is 6.86. The van der Waals surface area contributed by atoms with Crippen molar-refractivity contribution in [2.45, 2.75) is 19.4 Å². The van der Waals surface area contributed by atoms with Gasteiger partial charge in [0.25, 0.3) is 0 Å². The third-order valence-electron chi connectivity index (χ3n) is 2.17. The zero-order valence-electron chi connectivity index (χ0n) is 9.24. The van der Waals surface area contributed by atoms with Gasteiger partial charge in [0.05, 0.1) is 16.6 Å². The van der Waals surface area contributed by atoms with Crippen molar-refractivity contribution in [2.75, 3.05) is 0 Å². The Hall–Kier alpha value is -0.770. The van der Waals surface area contributed by atoms with Gasteiger partial charge in [-0.05, 0) is 24.6 Å². The number of nitrogens with zero attached hydrogens (tertiary/aromatic N) is 1. The lowest BCUT2D eigenvalue weighted by Gasteiger charge is -2.06. The molecule has 0 unspecified atom stereocenters. The van der Waals surface area contributed by atoms with E-state index >= 15 is 0 Å². The van der Waals surface area contributed by atoms with Crippen LogP contribution >= 0.6 is 34.5 Å². The third-order valence-corrected chi connectivity index (χ3v) is 3.63. The first kappa shape index (κ1) is 12.7. The predicted octanol–water partition coefficient (Wildman–Crippen LogP) is 4.42. The van der Waals surface area contributed by atoms with E-state index in [0.29, 0.717) is 23.3 Å². The summed E-state index contributed by atoms with van der Waals surface area (Å²) in [5.41, 5.74) is 2.00. The SMILES string of the molecule is Cc1ccc(Cl)c(OCc2nc(CCl)cs2)c1. The summed E-state index contributed by atoms with van der Waals surface area (Å²) in [6.45, 7) is 2.42. The van der Waals surface area contributed by atoms with E-state index in [1.54, 1.807) is 0 Å². The fraction of sp³-hybridized carbons (Fsp3) is 0.250. The Morgan fingerprint density at radius 1 is 1.41 bits per heavy atom. The van der Waals surface area contributed by atoms with Crippen LogP contribution in [-0.4, -0.2) is 4.98 Å². The van der Waals surface area contributed by atoms with Crippen molar-refractivity contribution in [3.8, 4) is 5.75 Å². The fourth-order valence-corrected chi connectivity index (χ4v) is 2.44. The number of aromatic nitrogens is 1. The van der Waals surface area contributed by atoms with Gasteiger partial charge in [-0.25, -0.2) is 4.98 Å². The van der Waals surface area contributed by atoms with Gasteiger partial charge in [0.2, 0.25) is 0 Å². The predicted molar refractivity (Wildman–Crippen MR) is 72.2 cm³/mol. The lowest BCUT2D eigenvalue weighted by atomic mass is 10.2. The number of hydrogen-bond donors (Lipinski definition) is 0. The monoisotopic (exact) mass is 287 g/mol. The minimum absolute atomic E-state index is 0.421. The van der Waals surface area contributed by atoms with Crippen LogP contribution in [0.2, 0.25) is 5.02 Å². The number of thiazole rings is 1. The second-order valence-corrected chi connectivity index (χ2v) is 5.21. The van der Waals surface area contributed by atoms with Gasteiger partial charge in [-0.15, -0.1) is 22.9 Å². The number of benzene rings is 1. The highest BCUT2D eigenvalue weighted by Gasteiger charge is 2.05. The number of aryl methyl sites for hydroxylation is 1. The molecule has 0 saturated carbocycles. The molecule has 2 aromatic rings. The molecule has 1 aromatic heterocycles. The van der Waals surface area contributed by atoms with E-state index in [-0.39, 0.29) is 0 Å². The van der Waals surface area contributed by atoms with Crippen molar-refractivity contribution >= 4 is 34.5 Å². The molecule has 0 radical (unpaired) electrons. The summed E-state index contributed by atoms with van der Waals surface area (Å²) >= 11 is 13.3. The zero-order chi connectivity index (χ0) is 12.3. The van der Waals surface area contributed by atoms with Gasteiger partial charge in [-0.2, -0.15) is 0 Å². The molecule has 0 fully saturated rings. The van der Waals surface area contributed by atoms with Crippen molar-refractivity contribution in [1.29, 1.82) is 0 Å². The molecule has 0 atom stereocenters. The Labute approximate surface area is 114 Å². The van der Waals surface area contributed by atoms with E-state index in [1.165, 1.54) is 11.3 Å². The van der Waals surface area contributed by atoms with E-state index in [1.807, 2.05) is 30.5 Å². The Bertz CT molecular complexity index is 513. The van der Waals surface area contributed by atoms with Crippen LogP contribution in [0.25, 0.3) is 0 Å². The summed E-state index contributed by atoms with van der Waals surface area (Å²) in [4.78, 5) is 4.31. The molecule has 1 heterocycles. The van der Waals surface area contributed by atoms with Gasteiger partial charge in [0.15, 0.2) is 0 Å². The smallest absolute Gasteiger partial charge is 0.140 e. The van der Waals surface area contributed by atoms with Crippen molar-refractivity contribution in [3.05, 3.63) is 44.9 Å². The molecule has 0 aliphatic rings. The van der Waals surface area contributed by atoms with Crippen LogP contribution in [0.5, 0.6) is 5.75 Å². The van der Waals surface area contributed by atoms with E-state index in [9.17, 15) is 0 Å². The molecule has 0 aliphatic carbocycles. The van der Waals surface area contributed by atoms with Gasteiger partial charge in [0.1, 0.15) is 17.4 Å². The second-order valence-electron chi connectivity index (χ2n) is 3.59. The van der Waals surface area contributed by atoms with Crippen molar-refractivity contribution in [2.24, 2.45) is 0 Å². The lowest BCUT2D eigenvalue weighted by Crippen LogP contribution is -1.96. The lowest BCUT2D eigenvalue weighted by molar-refractivity contribution is 0.305. The highest BCUT2D eigenvalue weighted by molar-refractivity contribution is 7.09. The van der Waals surface area contributed by atoms with Crippen LogP contribution < -0.4 is 4.74 Å². The normalized spacial score (nSPS) is 10.5. The van der Waals surface area contributed by atoms with Crippen LogP contribution in [-0.2, 0) is 12.5 Å². The summed E-state index contributed by atoms with van der Waals surface area (Å²) in [7, 11) is 0. The van der Waals surface area contributed by atoms with Crippen molar-refractivity contribution in [1.82, 2.24) is 4.98 Å². The molecule has 2 rings (SSSR count). The highest BCUT2D eigenvalue weighted by atomic mass is 35.5. The number of halogens is 2. The Morgan fingerprint density at radius 2 is 2.24 bits per heavy atom. The number of rotatable bonds is 4. The number of alkyl halides is 1. The van der Waals surface area contributed by atoms with Gasteiger partial charge >= 0.3 is 0 Å². The minimum Gasteiger partial charge on any atom is -0.485 e.